The number of para-hydroxylation sites is 1. The van der Waals surface area contributed by atoms with Crippen LogP contribution >= 0.6 is 0 Å². The van der Waals surface area contributed by atoms with E-state index in [9.17, 15) is 4.79 Å². The molecule has 3 aromatic carbocycles. The Labute approximate surface area is 220 Å². The fourth-order valence-electron chi connectivity index (χ4n) is 5.32. The van der Waals surface area contributed by atoms with E-state index >= 15 is 0 Å². The first-order valence-corrected chi connectivity index (χ1v) is 12.9. The van der Waals surface area contributed by atoms with Crippen molar-refractivity contribution >= 4 is 17.3 Å². The number of nitrogens with one attached hydrogen (secondary N) is 1. The molecule has 37 heavy (non-hydrogen) atoms. The average Bonchev–Trinajstić information content (AvgIpc) is 3.37. The predicted molar refractivity (Wildman–Crippen MR) is 153 cm³/mol. The van der Waals surface area contributed by atoms with E-state index in [4.69, 9.17) is 5.10 Å². The summed E-state index contributed by atoms with van der Waals surface area (Å²) in [4.78, 5) is 14.0. The van der Waals surface area contributed by atoms with Gasteiger partial charge in [0.1, 0.15) is 0 Å². The number of aromatic nitrogens is 2. The van der Waals surface area contributed by atoms with Crippen LogP contribution in [0.3, 0.4) is 0 Å². The van der Waals surface area contributed by atoms with Crippen molar-refractivity contribution in [3.8, 4) is 16.9 Å². The van der Waals surface area contributed by atoms with Crippen LogP contribution in [0.15, 0.2) is 60.7 Å². The fourth-order valence-corrected chi connectivity index (χ4v) is 5.32. The molecule has 0 atom stereocenters. The maximum atomic E-state index is 11.5. The summed E-state index contributed by atoms with van der Waals surface area (Å²) >= 11 is 0. The number of fused-ring (bicyclic) bond motifs is 1. The summed E-state index contributed by atoms with van der Waals surface area (Å²) < 4.78 is 2.14. The van der Waals surface area contributed by atoms with Gasteiger partial charge in [-0.1, -0.05) is 63.2 Å². The van der Waals surface area contributed by atoms with Gasteiger partial charge in [0, 0.05) is 36.0 Å². The molecule has 5 rings (SSSR count). The maximum Gasteiger partial charge on any atom is 0.221 e. The number of carbonyl (C=O) groups is 1. The Bertz CT molecular complexity index is 1470. The van der Waals surface area contributed by atoms with Gasteiger partial charge in [0.25, 0.3) is 0 Å². The van der Waals surface area contributed by atoms with Gasteiger partial charge in [0.05, 0.1) is 23.6 Å². The first-order chi connectivity index (χ1) is 17.5. The van der Waals surface area contributed by atoms with Gasteiger partial charge in [-0.15, -0.1) is 0 Å². The number of rotatable bonds is 4. The van der Waals surface area contributed by atoms with Gasteiger partial charge in [0.15, 0.2) is 0 Å². The Kier molecular flexibility index (Phi) is 6.18. The normalized spacial score (nSPS) is 13.1. The highest BCUT2D eigenvalue weighted by atomic mass is 16.1. The van der Waals surface area contributed by atoms with Crippen LogP contribution in [-0.4, -0.2) is 15.7 Å². The van der Waals surface area contributed by atoms with Crippen LogP contribution in [-0.2, 0) is 23.3 Å². The maximum absolute atomic E-state index is 11.5. The van der Waals surface area contributed by atoms with Gasteiger partial charge in [0.2, 0.25) is 5.91 Å². The molecule has 0 radical (unpaired) electrons. The van der Waals surface area contributed by atoms with E-state index in [-0.39, 0.29) is 11.3 Å². The second-order valence-electron chi connectivity index (χ2n) is 11.3. The molecule has 0 saturated carbocycles. The molecule has 0 unspecified atom stereocenters. The first-order valence-electron chi connectivity index (χ1n) is 12.9. The lowest BCUT2D eigenvalue weighted by molar-refractivity contribution is -0.114. The third-order valence-electron chi connectivity index (χ3n) is 7.30. The van der Waals surface area contributed by atoms with Gasteiger partial charge < -0.3 is 10.2 Å². The number of carbonyl (C=O) groups excluding carboxylic acids is 1. The smallest absolute Gasteiger partial charge is 0.221 e. The zero-order valence-electron chi connectivity index (χ0n) is 22.9. The monoisotopic (exact) mass is 492 g/mol. The quantitative estimate of drug-likeness (QED) is 0.327. The second-order valence-corrected chi connectivity index (χ2v) is 11.3. The Morgan fingerprint density at radius 2 is 1.57 bits per heavy atom. The van der Waals surface area contributed by atoms with Crippen LogP contribution < -0.4 is 10.2 Å². The largest absolute Gasteiger partial charge is 0.361 e. The third-order valence-corrected chi connectivity index (χ3v) is 7.30. The highest BCUT2D eigenvalue weighted by Crippen LogP contribution is 2.40. The average molecular weight is 493 g/mol. The van der Waals surface area contributed by atoms with Crippen molar-refractivity contribution in [2.75, 3.05) is 10.2 Å². The molecule has 1 aromatic heterocycles. The minimum Gasteiger partial charge on any atom is -0.361 e. The van der Waals surface area contributed by atoms with Crippen molar-refractivity contribution in [1.29, 1.82) is 0 Å². The van der Waals surface area contributed by atoms with Crippen molar-refractivity contribution in [1.82, 2.24) is 9.78 Å². The highest BCUT2D eigenvalue weighted by Gasteiger charge is 2.31. The number of nitrogens with zero attached hydrogens (tertiary/aromatic N) is 3. The Hall–Kier alpha value is -3.86. The van der Waals surface area contributed by atoms with E-state index < -0.39 is 0 Å². The van der Waals surface area contributed by atoms with Gasteiger partial charge in [-0.3, -0.25) is 4.79 Å². The van der Waals surface area contributed by atoms with Crippen LogP contribution in [0.1, 0.15) is 61.2 Å². The predicted octanol–water partition coefficient (Wildman–Crippen LogP) is 7.24. The number of hydrogen-bond acceptors (Lipinski definition) is 3. The van der Waals surface area contributed by atoms with E-state index in [0.717, 1.165) is 41.4 Å². The van der Waals surface area contributed by atoms with Crippen molar-refractivity contribution < 1.29 is 4.79 Å². The molecule has 1 aliphatic rings. The molecule has 1 aliphatic heterocycles. The summed E-state index contributed by atoms with van der Waals surface area (Å²) in [7, 11) is 0. The summed E-state index contributed by atoms with van der Waals surface area (Å²) in [5.41, 5.74) is 12.9. The summed E-state index contributed by atoms with van der Waals surface area (Å²) in [5, 5.41) is 8.09. The second kappa shape index (κ2) is 9.22. The highest BCUT2D eigenvalue weighted by molar-refractivity contribution is 5.89. The van der Waals surface area contributed by atoms with E-state index in [0.29, 0.717) is 0 Å². The van der Waals surface area contributed by atoms with Crippen LogP contribution in [0.5, 0.6) is 0 Å². The molecule has 0 saturated heterocycles. The van der Waals surface area contributed by atoms with E-state index in [1.54, 1.807) is 0 Å². The molecule has 1 N–H and O–H groups in total. The summed E-state index contributed by atoms with van der Waals surface area (Å²) in [6.07, 6.45) is 0. The molecule has 190 valence electrons. The number of anilines is 2. The number of amides is 1. The van der Waals surface area contributed by atoms with Crippen LogP contribution in [0.25, 0.3) is 16.9 Å². The Balaban J connectivity index is 1.62. The Morgan fingerprint density at radius 1 is 0.892 bits per heavy atom. The molecule has 5 nitrogen and oxygen atoms in total. The molecule has 0 aliphatic carbocycles. The standard InChI is InChI=1S/C32H36N4O/c1-20-11-14-25(32(5,6)7)17-29(20)35-18-27-28(19-35)34-36(30-21(2)9-8-10-22(30)3)31(27)24-12-15-26(16-13-24)33-23(4)37/h8-17H,18-19H2,1-7H3,(H,33,37). The van der Waals surface area contributed by atoms with Gasteiger partial charge in [-0.25, -0.2) is 4.68 Å². The van der Waals surface area contributed by atoms with Crippen molar-refractivity contribution in [2.45, 2.75) is 67.0 Å². The number of benzene rings is 3. The zero-order valence-corrected chi connectivity index (χ0v) is 22.9. The Morgan fingerprint density at radius 3 is 2.19 bits per heavy atom. The molecule has 5 heteroatoms. The van der Waals surface area contributed by atoms with E-state index in [1.165, 1.54) is 40.4 Å². The lowest BCUT2D eigenvalue weighted by atomic mass is 9.86. The first kappa shape index (κ1) is 24.8. The summed E-state index contributed by atoms with van der Waals surface area (Å²) in [5.74, 6) is -0.0716. The van der Waals surface area contributed by atoms with E-state index in [1.807, 2.05) is 12.1 Å². The minimum atomic E-state index is -0.0716. The molecule has 2 heterocycles. The zero-order chi connectivity index (χ0) is 26.5. The molecule has 0 spiro atoms. The van der Waals surface area contributed by atoms with Crippen LogP contribution in [0.4, 0.5) is 11.4 Å². The number of hydrogen-bond donors (Lipinski definition) is 1. The lowest BCUT2D eigenvalue weighted by Gasteiger charge is -2.26. The SMILES string of the molecule is CC(=O)Nc1ccc(-c2c3c(nn2-c2c(C)cccc2C)CN(c2cc(C(C)(C)C)ccc2C)C3)cc1. The van der Waals surface area contributed by atoms with Gasteiger partial charge in [-0.2, -0.15) is 5.10 Å². The van der Waals surface area contributed by atoms with Crippen molar-refractivity contribution in [2.24, 2.45) is 0 Å². The minimum absolute atomic E-state index is 0.0716. The van der Waals surface area contributed by atoms with Gasteiger partial charge in [-0.05, 0) is 66.6 Å². The van der Waals surface area contributed by atoms with Crippen LogP contribution in [0.2, 0.25) is 0 Å². The van der Waals surface area contributed by atoms with Gasteiger partial charge >= 0.3 is 0 Å². The van der Waals surface area contributed by atoms with Crippen LogP contribution in [0, 0.1) is 20.8 Å². The molecular formula is C32H36N4O. The molecule has 0 bridgehead atoms. The molecular weight excluding hydrogens is 456 g/mol. The summed E-state index contributed by atoms with van der Waals surface area (Å²) in [6.45, 7) is 16.4. The third kappa shape index (κ3) is 4.66. The molecule has 4 aromatic rings. The number of aryl methyl sites for hydroxylation is 3. The fraction of sp³-hybridized carbons (Fsp3) is 0.312. The topological polar surface area (TPSA) is 50.2 Å². The van der Waals surface area contributed by atoms with Crippen molar-refractivity contribution in [3.63, 3.8) is 0 Å². The molecule has 1 amide bonds. The summed E-state index contributed by atoms with van der Waals surface area (Å²) in [6, 6.07) is 21.3. The lowest BCUT2D eigenvalue weighted by Crippen LogP contribution is -2.19. The molecule has 0 fully saturated rings. The van der Waals surface area contributed by atoms with Crippen molar-refractivity contribution in [3.05, 3.63) is 94.2 Å². The van der Waals surface area contributed by atoms with E-state index in [2.05, 4.69) is 105 Å².